The van der Waals surface area contributed by atoms with Gasteiger partial charge in [-0.05, 0) is 100 Å². The third-order valence-electron chi connectivity index (χ3n) is 8.50. The Morgan fingerprint density at radius 2 is 1.83 bits per heavy atom. The van der Waals surface area contributed by atoms with Crippen LogP contribution < -0.4 is 5.32 Å². The third-order valence-corrected chi connectivity index (χ3v) is 10.2. The van der Waals surface area contributed by atoms with Crippen LogP contribution in [0.2, 0.25) is 10.0 Å². The minimum Gasteiger partial charge on any atom is -0.358 e. The second-order valence-corrected chi connectivity index (χ2v) is 13.0. The SMILES string of the molecule is Cc1[nH]c(/C=C2\C(=O)Nc3ccc(SCc4c(Cl)cccc4Cl)cc32)c(C)c1C(=O)N1CCCC1CN1CCCC1. The second kappa shape index (κ2) is 11.9. The number of hydrogen-bond donors (Lipinski definition) is 2. The lowest BCUT2D eigenvalue weighted by Crippen LogP contribution is -2.42. The number of rotatable bonds is 7. The minimum atomic E-state index is -0.152. The predicted octanol–water partition coefficient (Wildman–Crippen LogP) is 7.42. The highest BCUT2D eigenvalue weighted by atomic mass is 35.5. The van der Waals surface area contributed by atoms with E-state index in [0.29, 0.717) is 21.4 Å². The van der Waals surface area contributed by atoms with Crippen molar-refractivity contribution in [2.24, 2.45) is 0 Å². The van der Waals surface area contributed by atoms with Gasteiger partial charge in [0.15, 0.2) is 0 Å². The number of carbonyl (C=O) groups excluding carboxylic acids is 2. The first-order valence-corrected chi connectivity index (χ1v) is 16.0. The monoisotopic (exact) mass is 608 g/mol. The van der Waals surface area contributed by atoms with Crippen molar-refractivity contribution < 1.29 is 9.59 Å². The average Bonchev–Trinajstić information content (AvgIpc) is 3.73. The van der Waals surface area contributed by atoms with Gasteiger partial charge in [0.2, 0.25) is 0 Å². The Labute approximate surface area is 255 Å². The van der Waals surface area contributed by atoms with E-state index >= 15 is 0 Å². The summed E-state index contributed by atoms with van der Waals surface area (Å²) in [5.74, 6) is 0.560. The minimum absolute atomic E-state index is 0.0933. The third kappa shape index (κ3) is 5.70. The molecule has 0 bridgehead atoms. The Morgan fingerprint density at radius 1 is 1.07 bits per heavy atom. The van der Waals surface area contributed by atoms with Gasteiger partial charge < -0.3 is 20.1 Å². The van der Waals surface area contributed by atoms with Crippen molar-refractivity contribution >= 4 is 64.1 Å². The molecule has 4 heterocycles. The maximum absolute atomic E-state index is 13.8. The molecular weight excluding hydrogens is 575 g/mol. The Hall–Kier alpha value is -2.71. The second-order valence-electron chi connectivity index (χ2n) is 11.2. The fourth-order valence-electron chi connectivity index (χ4n) is 6.31. The van der Waals surface area contributed by atoms with E-state index in [0.717, 1.165) is 83.2 Å². The topological polar surface area (TPSA) is 68.4 Å². The molecule has 41 heavy (non-hydrogen) atoms. The number of benzene rings is 2. The van der Waals surface area contributed by atoms with Crippen molar-refractivity contribution in [3.63, 3.8) is 0 Å². The smallest absolute Gasteiger partial charge is 0.256 e. The van der Waals surface area contributed by atoms with Gasteiger partial charge in [-0.15, -0.1) is 11.8 Å². The number of fused-ring (bicyclic) bond motifs is 1. The Kier molecular flexibility index (Phi) is 8.23. The van der Waals surface area contributed by atoms with Gasteiger partial charge >= 0.3 is 0 Å². The van der Waals surface area contributed by atoms with Gasteiger partial charge in [-0.1, -0.05) is 29.3 Å². The van der Waals surface area contributed by atoms with Gasteiger partial charge in [0, 0.05) is 62.5 Å². The summed E-state index contributed by atoms with van der Waals surface area (Å²) in [6.45, 7) is 7.96. The van der Waals surface area contributed by atoms with E-state index in [1.165, 1.54) is 12.8 Å². The van der Waals surface area contributed by atoms with Crippen LogP contribution in [0.3, 0.4) is 0 Å². The van der Waals surface area contributed by atoms with Crippen LogP contribution >= 0.6 is 35.0 Å². The van der Waals surface area contributed by atoms with E-state index in [1.54, 1.807) is 11.8 Å². The molecule has 6 rings (SSSR count). The molecule has 1 aromatic heterocycles. The van der Waals surface area contributed by atoms with Gasteiger partial charge in [-0.3, -0.25) is 9.59 Å². The zero-order valence-corrected chi connectivity index (χ0v) is 25.7. The number of thioether (sulfide) groups is 1. The molecule has 3 aliphatic heterocycles. The summed E-state index contributed by atoms with van der Waals surface area (Å²) in [4.78, 5) is 35.9. The van der Waals surface area contributed by atoms with Crippen LogP contribution in [-0.2, 0) is 10.5 Å². The molecule has 2 N–H and O–H groups in total. The van der Waals surface area contributed by atoms with Crippen LogP contribution in [-0.4, -0.2) is 58.8 Å². The lowest BCUT2D eigenvalue weighted by atomic mass is 10.0. The number of halogens is 2. The summed E-state index contributed by atoms with van der Waals surface area (Å²) in [6, 6.07) is 11.7. The van der Waals surface area contributed by atoms with Crippen molar-refractivity contribution in [2.45, 2.75) is 56.2 Å². The standard InChI is InChI=1S/C32H34Cl2N4O2S/c1-19-29(35-20(2)30(19)32(40)38-14-6-7-21(38)17-37-12-3-4-13-37)16-24-23-15-22(10-11-28(23)36-31(24)39)41-18-25-26(33)8-5-9-27(25)34/h5,8-11,15-16,21,35H,3-4,6-7,12-14,17-18H2,1-2H3,(H,36,39)/b24-16-. The first-order valence-electron chi connectivity index (χ1n) is 14.3. The number of nitrogens with one attached hydrogen (secondary N) is 2. The maximum Gasteiger partial charge on any atom is 0.256 e. The summed E-state index contributed by atoms with van der Waals surface area (Å²) >= 11 is 14.4. The quantitative estimate of drug-likeness (QED) is 0.216. The van der Waals surface area contributed by atoms with Crippen LogP contribution in [0, 0.1) is 13.8 Å². The average molecular weight is 610 g/mol. The highest BCUT2D eigenvalue weighted by Crippen LogP contribution is 2.39. The lowest BCUT2D eigenvalue weighted by molar-refractivity contribution is -0.110. The van der Waals surface area contributed by atoms with E-state index in [-0.39, 0.29) is 17.9 Å². The lowest BCUT2D eigenvalue weighted by Gasteiger charge is -2.28. The molecule has 1 atom stereocenters. The summed E-state index contributed by atoms with van der Waals surface area (Å²) in [5, 5.41) is 4.27. The molecule has 9 heteroatoms. The van der Waals surface area contributed by atoms with E-state index < -0.39 is 0 Å². The molecule has 0 radical (unpaired) electrons. The number of H-pyrrole nitrogens is 1. The van der Waals surface area contributed by atoms with Crippen molar-refractivity contribution in [1.29, 1.82) is 0 Å². The number of nitrogens with zero attached hydrogens (tertiary/aromatic N) is 2. The highest BCUT2D eigenvalue weighted by Gasteiger charge is 2.34. The van der Waals surface area contributed by atoms with Crippen molar-refractivity contribution in [3.05, 3.63) is 80.1 Å². The molecular formula is C32H34Cl2N4O2S. The molecule has 6 nitrogen and oxygen atoms in total. The molecule has 3 aromatic rings. The zero-order valence-electron chi connectivity index (χ0n) is 23.4. The number of aromatic amines is 1. The van der Waals surface area contributed by atoms with Gasteiger partial charge in [0.05, 0.1) is 11.1 Å². The van der Waals surface area contributed by atoms with E-state index in [9.17, 15) is 9.59 Å². The van der Waals surface area contributed by atoms with E-state index in [4.69, 9.17) is 23.2 Å². The zero-order chi connectivity index (χ0) is 28.7. The first kappa shape index (κ1) is 28.4. The van der Waals surface area contributed by atoms with Gasteiger partial charge in [-0.2, -0.15) is 0 Å². The summed E-state index contributed by atoms with van der Waals surface area (Å²) in [5.41, 5.74) is 6.33. The Bertz CT molecular complexity index is 1520. The number of aromatic nitrogens is 1. The molecule has 2 amide bonds. The van der Waals surface area contributed by atoms with Crippen LogP contribution in [0.15, 0.2) is 41.3 Å². The maximum atomic E-state index is 13.8. The molecule has 2 aromatic carbocycles. The summed E-state index contributed by atoms with van der Waals surface area (Å²) < 4.78 is 0. The largest absolute Gasteiger partial charge is 0.358 e. The van der Waals surface area contributed by atoms with Gasteiger partial charge in [-0.25, -0.2) is 0 Å². The van der Waals surface area contributed by atoms with E-state index in [1.807, 2.05) is 56.3 Å². The fraction of sp³-hybridized carbons (Fsp3) is 0.375. The van der Waals surface area contributed by atoms with Crippen LogP contribution in [0.25, 0.3) is 11.6 Å². The molecule has 1 unspecified atom stereocenters. The number of carbonyl (C=O) groups is 2. The molecule has 2 fully saturated rings. The Morgan fingerprint density at radius 3 is 2.59 bits per heavy atom. The molecule has 0 spiro atoms. The van der Waals surface area contributed by atoms with E-state index in [2.05, 4.69) is 20.1 Å². The Balaban J connectivity index is 1.24. The van der Waals surface area contributed by atoms with Crippen molar-refractivity contribution in [3.8, 4) is 0 Å². The summed E-state index contributed by atoms with van der Waals surface area (Å²) in [6.07, 6.45) is 6.49. The normalized spacial score (nSPS) is 19.8. The number of anilines is 1. The van der Waals surface area contributed by atoms with Crippen molar-refractivity contribution in [2.75, 3.05) is 31.5 Å². The predicted molar refractivity (Wildman–Crippen MR) is 169 cm³/mol. The molecule has 214 valence electrons. The molecule has 0 aliphatic carbocycles. The van der Waals surface area contributed by atoms with Crippen molar-refractivity contribution in [1.82, 2.24) is 14.8 Å². The fourth-order valence-corrected chi connectivity index (χ4v) is 7.99. The number of hydrogen-bond acceptors (Lipinski definition) is 4. The van der Waals surface area contributed by atoms with Gasteiger partial charge in [0.1, 0.15) is 0 Å². The number of aryl methyl sites for hydroxylation is 1. The number of amides is 2. The van der Waals surface area contributed by atoms with Crippen LogP contribution in [0.1, 0.15) is 64.1 Å². The summed E-state index contributed by atoms with van der Waals surface area (Å²) in [7, 11) is 0. The van der Waals surface area contributed by atoms with Gasteiger partial charge in [0.25, 0.3) is 11.8 Å². The van der Waals surface area contributed by atoms with Crippen LogP contribution in [0.4, 0.5) is 5.69 Å². The molecule has 3 aliphatic rings. The molecule has 0 saturated carbocycles. The first-order chi connectivity index (χ1) is 19.8. The van der Waals surface area contributed by atoms with Crippen LogP contribution in [0.5, 0.6) is 0 Å². The number of likely N-dealkylation sites (tertiary alicyclic amines) is 2. The molecule has 2 saturated heterocycles. The highest BCUT2D eigenvalue weighted by molar-refractivity contribution is 7.98.